The van der Waals surface area contributed by atoms with E-state index >= 15 is 0 Å². The Balaban J connectivity index is 1.64. The topological polar surface area (TPSA) is 41.3 Å². The Labute approximate surface area is 111 Å². The van der Waals surface area contributed by atoms with Crippen molar-refractivity contribution in [3.8, 4) is 10.6 Å². The number of nitrogens with zero attached hydrogens (tertiary/aromatic N) is 2. The van der Waals surface area contributed by atoms with Gasteiger partial charge in [-0.3, -0.25) is 4.90 Å². The smallest absolute Gasteiger partial charge is 0.177 e. The fourth-order valence-corrected chi connectivity index (χ4v) is 3.04. The van der Waals surface area contributed by atoms with Crippen molar-refractivity contribution in [3.05, 3.63) is 29.3 Å². The first kappa shape index (κ1) is 11.9. The van der Waals surface area contributed by atoms with Gasteiger partial charge in [-0.25, -0.2) is 0 Å². The minimum absolute atomic E-state index is 0.619. The molecule has 96 valence electrons. The van der Waals surface area contributed by atoms with Gasteiger partial charge in [0.15, 0.2) is 5.76 Å². The Hall–Kier alpha value is -1.17. The molecule has 1 saturated heterocycles. The van der Waals surface area contributed by atoms with Crippen LogP contribution in [0.3, 0.4) is 0 Å². The van der Waals surface area contributed by atoms with Gasteiger partial charge in [-0.05, 0) is 24.9 Å². The molecule has 0 bridgehead atoms. The van der Waals surface area contributed by atoms with Gasteiger partial charge in [-0.15, -0.1) is 11.3 Å². The molecule has 18 heavy (non-hydrogen) atoms. The Morgan fingerprint density at radius 3 is 3.28 bits per heavy atom. The van der Waals surface area contributed by atoms with E-state index in [1.807, 2.05) is 13.1 Å². The molecule has 0 amide bonds. The van der Waals surface area contributed by atoms with Crippen molar-refractivity contribution >= 4 is 11.3 Å². The quantitative estimate of drug-likeness (QED) is 0.918. The van der Waals surface area contributed by atoms with E-state index in [0.717, 1.165) is 36.0 Å². The van der Waals surface area contributed by atoms with Gasteiger partial charge in [0.25, 0.3) is 0 Å². The van der Waals surface area contributed by atoms with E-state index in [2.05, 4.69) is 32.9 Å². The lowest BCUT2D eigenvalue weighted by atomic mass is 10.3. The van der Waals surface area contributed by atoms with E-state index < -0.39 is 0 Å². The van der Waals surface area contributed by atoms with Crippen LogP contribution in [0, 0.1) is 0 Å². The maximum absolute atomic E-state index is 5.39. The van der Waals surface area contributed by atoms with Gasteiger partial charge < -0.3 is 9.84 Å². The lowest BCUT2D eigenvalue weighted by Crippen LogP contribution is -2.29. The lowest BCUT2D eigenvalue weighted by molar-refractivity contribution is 0.307. The zero-order chi connectivity index (χ0) is 12.4. The maximum atomic E-state index is 5.39. The number of thiophene rings is 1. The van der Waals surface area contributed by atoms with Crippen LogP contribution in [0.15, 0.2) is 28.1 Å². The Morgan fingerprint density at radius 1 is 1.61 bits per heavy atom. The molecule has 0 radical (unpaired) electrons. The second kappa shape index (κ2) is 5.22. The van der Waals surface area contributed by atoms with Crippen molar-refractivity contribution in [2.24, 2.45) is 0 Å². The lowest BCUT2D eigenvalue weighted by Gasteiger charge is -2.13. The third-order valence-corrected chi connectivity index (χ3v) is 4.27. The Kier molecular flexibility index (Phi) is 3.45. The van der Waals surface area contributed by atoms with E-state index in [1.165, 1.54) is 6.42 Å². The molecule has 0 aliphatic carbocycles. The van der Waals surface area contributed by atoms with Crippen LogP contribution >= 0.6 is 11.3 Å². The van der Waals surface area contributed by atoms with Crippen LogP contribution in [-0.4, -0.2) is 36.2 Å². The second-order valence-corrected chi connectivity index (χ2v) is 5.62. The van der Waals surface area contributed by atoms with E-state index in [0.29, 0.717) is 6.04 Å². The third kappa shape index (κ3) is 2.48. The van der Waals surface area contributed by atoms with Crippen LogP contribution in [0.5, 0.6) is 0 Å². The molecular formula is C13H17N3OS. The Morgan fingerprint density at radius 2 is 2.56 bits per heavy atom. The molecular weight excluding hydrogens is 246 g/mol. The molecule has 3 rings (SSSR count). The van der Waals surface area contributed by atoms with Crippen molar-refractivity contribution in [2.75, 3.05) is 20.1 Å². The van der Waals surface area contributed by atoms with Crippen molar-refractivity contribution in [1.29, 1.82) is 0 Å². The van der Waals surface area contributed by atoms with Crippen molar-refractivity contribution in [3.63, 3.8) is 0 Å². The molecule has 4 nitrogen and oxygen atoms in total. The van der Waals surface area contributed by atoms with E-state index in [1.54, 1.807) is 11.3 Å². The van der Waals surface area contributed by atoms with E-state index in [4.69, 9.17) is 4.52 Å². The molecule has 1 aliphatic rings. The molecule has 0 saturated carbocycles. The molecule has 1 aliphatic heterocycles. The Bertz CT molecular complexity index is 494. The first-order chi connectivity index (χ1) is 8.85. The summed E-state index contributed by atoms with van der Waals surface area (Å²) in [6, 6.07) is 6.76. The third-order valence-electron chi connectivity index (χ3n) is 3.39. The molecule has 1 fully saturated rings. The van der Waals surface area contributed by atoms with Gasteiger partial charge in [-0.2, -0.15) is 0 Å². The summed E-state index contributed by atoms with van der Waals surface area (Å²) in [5, 5.41) is 9.53. The first-order valence-electron chi connectivity index (χ1n) is 6.24. The van der Waals surface area contributed by atoms with Crippen LogP contribution in [0.2, 0.25) is 0 Å². The van der Waals surface area contributed by atoms with Gasteiger partial charge in [-0.1, -0.05) is 11.2 Å². The average molecular weight is 263 g/mol. The molecule has 2 aromatic heterocycles. The highest BCUT2D eigenvalue weighted by atomic mass is 32.1. The molecule has 5 heteroatoms. The highest BCUT2D eigenvalue weighted by Crippen LogP contribution is 2.25. The van der Waals surface area contributed by atoms with Gasteiger partial charge in [0, 0.05) is 31.7 Å². The number of hydrogen-bond acceptors (Lipinski definition) is 5. The number of rotatable bonds is 4. The van der Waals surface area contributed by atoms with Gasteiger partial charge in [0.05, 0.1) is 10.6 Å². The number of aromatic nitrogens is 1. The molecule has 0 spiro atoms. The monoisotopic (exact) mass is 263 g/mol. The minimum Gasteiger partial charge on any atom is -0.355 e. The molecule has 0 aromatic carbocycles. The van der Waals surface area contributed by atoms with Crippen LogP contribution in [0.4, 0.5) is 0 Å². The predicted molar refractivity (Wildman–Crippen MR) is 72.6 cm³/mol. The number of likely N-dealkylation sites (N-methyl/N-ethyl adjacent to an activating group) is 1. The van der Waals surface area contributed by atoms with Crippen LogP contribution in [0.25, 0.3) is 10.6 Å². The zero-order valence-electron chi connectivity index (χ0n) is 10.4. The van der Waals surface area contributed by atoms with Crippen molar-refractivity contribution in [2.45, 2.75) is 19.0 Å². The fourth-order valence-electron chi connectivity index (χ4n) is 2.36. The number of nitrogens with one attached hydrogen (secondary N) is 1. The summed E-state index contributed by atoms with van der Waals surface area (Å²) in [4.78, 5) is 3.56. The minimum atomic E-state index is 0.619. The highest BCUT2D eigenvalue weighted by molar-refractivity contribution is 7.13. The van der Waals surface area contributed by atoms with Crippen LogP contribution in [0.1, 0.15) is 12.1 Å². The summed E-state index contributed by atoms with van der Waals surface area (Å²) < 4.78 is 5.39. The molecule has 1 atom stereocenters. The summed E-state index contributed by atoms with van der Waals surface area (Å²) in [6.07, 6.45) is 1.21. The van der Waals surface area contributed by atoms with Gasteiger partial charge >= 0.3 is 0 Å². The average Bonchev–Trinajstić information content (AvgIpc) is 3.10. The SMILES string of the molecule is CNC1CCN(Cc2cc(-c3cccs3)on2)C1. The molecule has 1 N–H and O–H groups in total. The fraction of sp³-hybridized carbons (Fsp3) is 0.462. The van der Waals surface area contributed by atoms with Gasteiger partial charge in [0.2, 0.25) is 0 Å². The highest BCUT2D eigenvalue weighted by Gasteiger charge is 2.21. The molecule has 3 heterocycles. The molecule has 1 unspecified atom stereocenters. The predicted octanol–water partition coefficient (Wildman–Crippen LogP) is 2.20. The largest absolute Gasteiger partial charge is 0.355 e. The van der Waals surface area contributed by atoms with Crippen molar-refractivity contribution in [1.82, 2.24) is 15.4 Å². The normalized spacial score (nSPS) is 20.6. The summed E-state index contributed by atoms with van der Waals surface area (Å²) in [7, 11) is 2.03. The summed E-state index contributed by atoms with van der Waals surface area (Å²) in [5.74, 6) is 0.879. The molecule has 2 aromatic rings. The van der Waals surface area contributed by atoms with E-state index in [-0.39, 0.29) is 0 Å². The summed E-state index contributed by atoms with van der Waals surface area (Å²) in [6.45, 7) is 3.11. The summed E-state index contributed by atoms with van der Waals surface area (Å²) >= 11 is 1.68. The summed E-state index contributed by atoms with van der Waals surface area (Å²) in [5.41, 5.74) is 1.02. The van der Waals surface area contributed by atoms with Crippen molar-refractivity contribution < 1.29 is 4.52 Å². The van der Waals surface area contributed by atoms with Crippen LogP contribution in [-0.2, 0) is 6.54 Å². The van der Waals surface area contributed by atoms with Crippen LogP contribution < -0.4 is 5.32 Å². The first-order valence-corrected chi connectivity index (χ1v) is 7.12. The standard InChI is InChI=1S/C13H17N3OS/c1-14-10-4-5-16(8-10)9-11-7-12(17-15-11)13-3-2-6-18-13/h2-3,6-7,10,14H,4-5,8-9H2,1H3. The number of likely N-dealkylation sites (tertiary alicyclic amines) is 1. The number of hydrogen-bond donors (Lipinski definition) is 1. The maximum Gasteiger partial charge on any atom is 0.177 e. The zero-order valence-corrected chi connectivity index (χ0v) is 11.2. The van der Waals surface area contributed by atoms with Gasteiger partial charge in [0.1, 0.15) is 0 Å². The second-order valence-electron chi connectivity index (χ2n) is 4.67. The van der Waals surface area contributed by atoms with E-state index in [9.17, 15) is 0 Å².